The van der Waals surface area contributed by atoms with Crippen LogP contribution in [0.25, 0.3) is 16.7 Å². The quantitative estimate of drug-likeness (QED) is 0.530. The van der Waals surface area contributed by atoms with Gasteiger partial charge in [-0.2, -0.15) is 5.26 Å². The Morgan fingerprint density at radius 1 is 1.07 bits per heavy atom. The molecule has 1 unspecified atom stereocenters. The average molecular weight is 409 g/mol. The third-order valence-corrected chi connectivity index (χ3v) is 4.48. The summed E-state index contributed by atoms with van der Waals surface area (Å²) in [5.41, 5.74) is 6.65. The van der Waals surface area contributed by atoms with Crippen molar-refractivity contribution in [1.82, 2.24) is 19.5 Å². The van der Waals surface area contributed by atoms with Gasteiger partial charge in [-0.15, -0.1) is 0 Å². The van der Waals surface area contributed by atoms with Crippen LogP contribution >= 0.6 is 0 Å². The fourth-order valence-electron chi connectivity index (χ4n) is 3.19. The van der Waals surface area contributed by atoms with Gasteiger partial charge in [0.05, 0.1) is 22.8 Å². The highest BCUT2D eigenvalue weighted by Crippen LogP contribution is 2.29. The van der Waals surface area contributed by atoms with E-state index >= 15 is 0 Å². The normalized spacial score (nSPS) is 12.0. The molecule has 7 nitrogen and oxygen atoms in total. The molecule has 0 aliphatic heterocycles. The largest absolute Gasteiger partial charge is 0.382 e. The summed E-state index contributed by atoms with van der Waals surface area (Å²) in [4.78, 5) is 12.3. The van der Waals surface area contributed by atoms with Crippen LogP contribution in [0.15, 0.2) is 42.7 Å². The van der Waals surface area contributed by atoms with Gasteiger partial charge in [0.25, 0.3) is 0 Å². The van der Waals surface area contributed by atoms with Crippen LogP contribution < -0.4 is 11.1 Å². The van der Waals surface area contributed by atoms with E-state index < -0.39 is 23.5 Å². The van der Waals surface area contributed by atoms with Crippen molar-refractivity contribution in [3.63, 3.8) is 0 Å². The first-order chi connectivity index (χ1) is 14.4. The molecule has 4 aromatic rings. The number of benzene rings is 2. The molecule has 0 aliphatic rings. The standard InChI is InChI=1S/C20H14F3N7/c1-10(28-19-15(8-24)18(25)26-9-27-19)20-29-16-3-2-11(21)7-17(16)30(20)14-5-12(22)4-13(23)6-14/h2-7,9-10H,1H3,(H3,25,26,27,28). The van der Waals surface area contributed by atoms with Crippen molar-refractivity contribution >= 4 is 22.7 Å². The zero-order valence-corrected chi connectivity index (χ0v) is 15.6. The summed E-state index contributed by atoms with van der Waals surface area (Å²) in [6.45, 7) is 1.71. The Hall–Kier alpha value is -4.13. The topological polar surface area (TPSA) is 105 Å². The molecule has 3 N–H and O–H groups in total. The zero-order valence-electron chi connectivity index (χ0n) is 15.6. The van der Waals surface area contributed by atoms with Crippen LogP contribution in [0, 0.1) is 28.8 Å². The number of nitriles is 1. The summed E-state index contributed by atoms with van der Waals surface area (Å²) in [5, 5.41) is 12.3. The maximum atomic E-state index is 13.9. The van der Waals surface area contributed by atoms with Gasteiger partial charge >= 0.3 is 0 Å². The van der Waals surface area contributed by atoms with Crippen molar-refractivity contribution in [3.8, 4) is 11.8 Å². The number of nitrogen functional groups attached to an aromatic ring is 1. The Labute approximate surface area is 168 Å². The van der Waals surface area contributed by atoms with Crippen molar-refractivity contribution in [2.45, 2.75) is 13.0 Å². The number of fused-ring (bicyclic) bond motifs is 1. The van der Waals surface area contributed by atoms with Crippen molar-refractivity contribution in [2.24, 2.45) is 0 Å². The smallest absolute Gasteiger partial charge is 0.150 e. The first-order valence-corrected chi connectivity index (χ1v) is 8.79. The minimum Gasteiger partial charge on any atom is -0.382 e. The lowest BCUT2D eigenvalue weighted by atomic mass is 10.2. The molecule has 30 heavy (non-hydrogen) atoms. The monoisotopic (exact) mass is 409 g/mol. The summed E-state index contributed by atoms with van der Waals surface area (Å²) < 4.78 is 43.1. The highest BCUT2D eigenvalue weighted by Gasteiger charge is 2.21. The highest BCUT2D eigenvalue weighted by molar-refractivity contribution is 5.78. The third-order valence-electron chi connectivity index (χ3n) is 4.48. The van der Waals surface area contributed by atoms with Crippen LogP contribution in [0.2, 0.25) is 0 Å². The molecule has 0 fully saturated rings. The molecule has 0 amide bonds. The molecule has 4 rings (SSSR count). The van der Waals surface area contributed by atoms with Gasteiger partial charge in [0.2, 0.25) is 0 Å². The summed E-state index contributed by atoms with van der Waals surface area (Å²) in [6.07, 6.45) is 1.20. The van der Waals surface area contributed by atoms with E-state index in [4.69, 9.17) is 5.73 Å². The number of halogens is 3. The molecule has 2 heterocycles. The van der Waals surface area contributed by atoms with Crippen LogP contribution in [0.1, 0.15) is 24.4 Å². The van der Waals surface area contributed by atoms with Gasteiger partial charge in [-0.25, -0.2) is 28.1 Å². The zero-order chi connectivity index (χ0) is 21.4. The number of nitrogens with two attached hydrogens (primary N) is 1. The Morgan fingerprint density at radius 3 is 2.50 bits per heavy atom. The Bertz CT molecular complexity index is 1290. The molecule has 0 aliphatic carbocycles. The lowest BCUT2D eigenvalue weighted by Crippen LogP contribution is -2.15. The van der Waals surface area contributed by atoms with E-state index in [1.807, 2.05) is 6.07 Å². The van der Waals surface area contributed by atoms with Gasteiger partial charge in [0.1, 0.15) is 52.9 Å². The van der Waals surface area contributed by atoms with Crippen molar-refractivity contribution in [2.75, 3.05) is 11.1 Å². The Morgan fingerprint density at radius 2 is 1.80 bits per heavy atom. The van der Waals surface area contributed by atoms with Crippen LogP contribution in [0.3, 0.4) is 0 Å². The second-order valence-electron chi connectivity index (χ2n) is 6.53. The summed E-state index contributed by atoms with van der Waals surface area (Å²) in [6, 6.07) is 8.25. The van der Waals surface area contributed by atoms with Crippen molar-refractivity contribution in [1.29, 1.82) is 5.26 Å². The predicted molar refractivity (Wildman–Crippen MR) is 104 cm³/mol. The van der Waals surface area contributed by atoms with Crippen LogP contribution in [-0.4, -0.2) is 19.5 Å². The molecule has 2 aromatic carbocycles. The fraction of sp³-hybridized carbons (Fsp3) is 0.100. The first-order valence-electron chi connectivity index (χ1n) is 8.79. The van der Waals surface area contributed by atoms with E-state index in [-0.39, 0.29) is 22.9 Å². The van der Waals surface area contributed by atoms with Crippen molar-refractivity contribution in [3.05, 3.63) is 71.6 Å². The minimum absolute atomic E-state index is 0.00461. The third kappa shape index (κ3) is 3.37. The maximum Gasteiger partial charge on any atom is 0.150 e. The van der Waals surface area contributed by atoms with E-state index in [9.17, 15) is 18.4 Å². The predicted octanol–water partition coefficient (Wildman–Crippen LogP) is 3.86. The number of hydrogen-bond acceptors (Lipinski definition) is 6. The molecule has 0 saturated heterocycles. The lowest BCUT2D eigenvalue weighted by Gasteiger charge is -2.18. The molecule has 10 heteroatoms. The SMILES string of the molecule is CC(Nc1ncnc(N)c1C#N)c1nc2ccc(F)cc2n1-c1cc(F)cc(F)c1. The van der Waals surface area contributed by atoms with Gasteiger partial charge in [0.15, 0.2) is 0 Å². The molecule has 150 valence electrons. The Balaban J connectivity index is 1.89. The van der Waals surface area contributed by atoms with Crippen molar-refractivity contribution < 1.29 is 13.2 Å². The van der Waals surface area contributed by atoms with E-state index in [0.29, 0.717) is 16.9 Å². The summed E-state index contributed by atoms with van der Waals surface area (Å²) in [5.74, 6) is -1.60. The van der Waals surface area contributed by atoms with Crippen LogP contribution in [-0.2, 0) is 0 Å². The molecular weight excluding hydrogens is 395 g/mol. The van der Waals surface area contributed by atoms with Crippen LogP contribution in [0.4, 0.5) is 24.8 Å². The molecule has 0 saturated carbocycles. The molecule has 2 aromatic heterocycles. The molecule has 0 bridgehead atoms. The first kappa shape index (κ1) is 19.2. The van der Waals surface area contributed by atoms with Gasteiger partial charge in [-0.3, -0.25) is 4.57 Å². The number of aromatic nitrogens is 4. The van der Waals surface area contributed by atoms with Gasteiger partial charge in [0, 0.05) is 12.1 Å². The highest BCUT2D eigenvalue weighted by atomic mass is 19.1. The number of imidazole rings is 1. The second-order valence-corrected chi connectivity index (χ2v) is 6.53. The number of hydrogen-bond donors (Lipinski definition) is 2. The number of rotatable bonds is 4. The molecular formula is C20H14F3N7. The fourth-order valence-corrected chi connectivity index (χ4v) is 3.19. The van der Waals surface area contributed by atoms with E-state index in [0.717, 1.165) is 18.2 Å². The average Bonchev–Trinajstić information content (AvgIpc) is 3.06. The molecule has 0 spiro atoms. The summed E-state index contributed by atoms with van der Waals surface area (Å²) >= 11 is 0. The number of nitrogens with zero attached hydrogens (tertiary/aromatic N) is 5. The number of anilines is 2. The molecule has 0 radical (unpaired) electrons. The van der Waals surface area contributed by atoms with Crippen LogP contribution in [0.5, 0.6) is 0 Å². The van der Waals surface area contributed by atoms with E-state index in [2.05, 4.69) is 20.3 Å². The maximum absolute atomic E-state index is 13.9. The Kier molecular flexibility index (Phi) is 4.71. The lowest BCUT2D eigenvalue weighted by molar-refractivity contribution is 0.581. The number of nitrogens with one attached hydrogen (secondary N) is 1. The van der Waals surface area contributed by atoms with Gasteiger partial charge < -0.3 is 11.1 Å². The van der Waals surface area contributed by atoms with E-state index in [1.165, 1.54) is 29.1 Å². The second kappa shape index (κ2) is 7.36. The molecule has 1 atom stereocenters. The summed E-state index contributed by atoms with van der Waals surface area (Å²) in [7, 11) is 0. The minimum atomic E-state index is -0.787. The van der Waals surface area contributed by atoms with Gasteiger partial charge in [-0.1, -0.05) is 0 Å². The van der Waals surface area contributed by atoms with E-state index in [1.54, 1.807) is 6.92 Å². The van der Waals surface area contributed by atoms with Gasteiger partial charge in [-0.05, 0) is 31.2 Å².